The molecule has 0 saturated carbocycles. The van der Waals surface area contributed by atoms with E-state index in [1.54, 1.807) is 0 Å². The Bertz CT molecular complexity index is 1440. The summed E-state index contributed by atoms with van der Waals surface area (Å²) in [5, 5.41) is 0. The van der Waals surface area contributed by atoms with Crippen LogP contribution in [0.25, 0.3) is 16.9 Å². The molecule has 0 aliphatic carbocycles. The van der Waals surface area contributed by atoms with Gasteiger partial charge in [-0.25, -0.2) is 4.70 Å². The van der Waals surface area contributed by atoms with Crippen LogP contribution in [-0.4, -0.2) is 4.70 Å². The third-order valence-corrected chi connectivity index (χ3v) is 14.1. The molecule has 0 bridgehead atoms. The molecular weight excluding hydrogens is 903 g/mol. The molecular formula is C68H114N2Ni. The van der Waals surface area contributed by atoms with Crippen molar-refractivity contribution in [1.82, 2.24) is 0 Å². The first-order valence-corrected chi connectivity index (χ1v) is 30.5. The molecule has 0 unspecified atom stereocenters. The van der Waals surface area contributed by atoms with E-state index < -0.39 is 0 Å². The summed E-state index contributed by atoms with van der Waals surface area (Å²) in [7, 11) is 0. The summed E-state index contributed by atoms with van der Waals surface area (Å²) in [6.45, 7) is 16.8. The van der Waals surface area contributed by atoms with Crippen molar-refractivity contribution in [1.29, 1.82) is 0 Å². The van der Waals surface area contributed by atoms with Gasteiger partial charge in [-0.05, 0) is 74.6 Å². The van der Waals surface area contributed by atoms with Gasteiger partial charge in [0.15, 0.2) is 0 Å². The molecule has 0 atom stereocenters. The number of aryl methyl sites for hydroxylation is 2. The van der Waals surface area contributed by atoms with Crippen LogP contribution in [0.5, 0.6) is 0 Å². The fourth-order valence-electron chi connectivity index (χ4n) is 9.53. The Morgan fingerprint density at radius 2 is 0.606 bits per heavy atom. The topological polar surface area (TPSA) is 25.3 Å². The molecule has 0 N–H and O–H groups in total. The SMILES string of the molecule is CCCCCCCCC=CCCc1ccccc1C1=CC=C(c2ccccc2CCC=CCCCCCCCC)[N+]1=[N-].[CH2-]CCCCCCCCCCCCC.[CH2-]CCCCCCCCCCCCC.[Ni+2]. The molecule has 1 heterocycles. The summed E-state index contributed by atoms with van der Waals surface area (Å²) in [5.74, 6) is 0. The Balaban J connectivity index is 0.00000138. The Morgan fingerprint density at radius 3 is 0.901 bits per heavy atom. The molecule has 0 amide bonds. The average Bonchev–Trinajstić information content (AvgIpc) is 3.77. The summed E-state index contributed by atoms with van der Waals surface area (Å²) in [4.78, 5) is 0. The van der Waals surface area contributed by atoms with Crippen molar-refractivity contribution in [2.24, 2.45) is 0 Å². The number of benzene rings is 2. The van der Waals surface area contributed by atoms with Crippen molar-refractivity contribution in [3.63, 3.8) is 0 Å². The third-order valence-electron chi connectivity index (χ3n) is 14.1. The van der Waals surface area contributed by atoms with Gasteiger partial charge >= 0.3 is 16.5 Å². The van der Waals surface area contributed by atoms with Gasteiger partial charge in [0.25, 0.3) is 0 Å². The first kappa shape index (κ1) is 68.5. The predicted octanol–water partition coefficient (Wildman–Crippen LogP) is 23.6. The second kappa shape index (κ2) is 53.8. The Kier molecular flexibility index (Phi) is 51.9. The molecule has 406 valence electrons. The summed E-state index contributed by atoms with van der Waals surface area (Å²) in [6, 6.07) is 17.1. The fourth-order valence-corrected chi connectivity index (χ4v) is 9.53. The van der Waals surface area contributed by atoms with Crippen LogP contribution in [0.4, 0.5) is 0 Å². The van der Waals surface area contributed by atoms with Gasteiger partial charge in [-0.2, -0.15) is 12.8 Å². The van der Waals surface area contributed by atoms with Gasteiger partial charge in [-0.1, -0.05) is 294 Å². The van der Waals surface area contributed by atoms with Gasteiger partial charge < -0.3 is 19.4 Å². The van der Waals surface area contributed by atoms with Crippen LogP contribution in [-0.2, 0) is 29.3 Å². The van der Waals surface area contributed by atoms with Gasteiger partial charge in [0, 0.05) is 23.3 Å². The van der Waals surface area contributed by atoms with Crippen LogP contribution in [0.1, 0.15) is 307 Å². The zero-order valence-corrected chi connectivity index (χ0v) is 48.4. The molecule has 3 rings (SSSR count). The molecule has 3 heteroatoms. The molecule has 2 aromatic rings. The van der Waals surface area contributed by atoms with E-state index in [0.29, 0.717) is 0 Å². The van der Waals surface area contributed by atoms with E-state index in [1.165, 1.54) is 247 Å². The summed E-state index contributed by atoms with van der Waals surface area (Å²) in [6.07, 6.45) is 69.8. The largest absolute Gasteiger partial charge is 2.00 e. The van der Waals surface area contributed by atoms with E-state index in [1.807, 2.05) is 0 Å². The molecule has 0 spiro atoms. The van der Waals surface area contributed by atoms with E-state index in [0.717, 1.165) is 61.0 Å². The zero-order chi connectivity index (χ0) is 50.6. The number of hydrogen-bond donors (Lipinski definition) is 0. The standard InChI is InChI=1S/C40H56N2.2C14H29.Ni/c1-3-5-7-9-11-13-15-17-19-21-27-35-29-23-25-31-37(35)39-33-34-40(42(39)41)38-32-26-24-30-36(38)28-22-20-18-16-14-12-10-8-6-4-2;2*1-3-5-7-9-11-13-14-12-10-8-6-4-2;/h17-20,23-26,29-34H,3-16,21-22,27-28H2,1-2H3;2*1,3-14H2,2H3;/q;2*-1;+2. The fraction of sp³-hybridized carbons (Fsp3) is 0.676. The maximum absolute atomic E-state index is 11.4. The Hall–Kier alpha value is -2.51. The maximum atomic E-state index is 11.4. The Labute approximate surface area is 454 Å². The van der Waals surface area contributed by atoms with Gasteiger partial charge in [0.2, 0.25) is 11.4 Å². The van der Waals surface area contributed by atoms with Crippen LogP contribution < -0.4 is 0 Å². The second-order valence-corrected chi connectivity index (χ2v) is 20.6. The number of hydrogen-bond acceptors (Lipinski definition) is 0. The van der Waals surface area contributed by atoms with Crippen molar-refractivity contribution in [2.75, 3.05) is 0 Å². The number of allylic oxidation sites excluding steroid dienone is 6. The van der Waals surface area contributed by atoms with Gasteiger partial charge in [0.1, 0.15) is 0 Å². The van der Waals surface area contributed by atoms with Crippen LogP contribution in [0.3, 0.4) is 0 Å². The van der Waals surface area contributed by atoms with Gasteiger partial charge in [0.05, 0.1) is 0 Å². The monoisotopic (exact) mass is 1020 g/mol. The molecule has 2 nitrogen and oxygen atoms in total. The molecule has 0 aromatic heterocycles. The van der Waals surface area contributed by atoms with E-state index in [9.17, 15) is 5.53 Å². The number of rotatable bonds is 44. The maximum Gasteiger partial charge on any atom is 2.00 e. The van der Waals surface area contributed by atoms with Crippen molar-refractivity contribution >= 4 is 11.4 Å². The minimum absolute atomic E-state index is 0. The van der Waals surface area contributed by atoms with Crippen molar-refractivity contribution < 1.29 is 21.2 Å². The van der Waals surface area contributed by atoms with Crippen LogP contribution in [0.15, 0.2) is 85.0 Å². The normalized spacial score (nSPS) is 12.2. The zero-order valence-electron chi connectivity index (χ0n) is 47.4. The van der Waals surface area contributed by atoms with Gasteiger partial charge in [-0.15, -0.1) is 0 Å². The van der Waals surface area contributed by atoms with E-state index >= 15 is 0 Å². The number of unbranched alkanes of at least 4 members (excludes halogenated alkanes) is 34. The molecule has 71 heavy (non-hydrogen) atoms. The predicted molar refractivity (Wildman–Crippen MR) is 316 cm³/mol. The Morgan fingerprint density at radius 1 is 0.352 bits per heavy atom. The quantitative estimate of drug-likeness (QED) is 0.0208. The summed E-state index contributed by atoms with van der Waals surface area (Å²) < 4.78 is 1.40. The van der Waals surface area contributed by atoms with Gasteiger partial charge in [-0.3, -0.25) is 0 Å². The molecule has 0 saturated heterocycles. The molecule has 0 radical (unpaired) electrons. The molecule has 0 fully saturated rings. The van der Waals surface area contributed by atoms with Crippen molar-refractivity contribution in [3.8, 4) is 0 Å². The third kappa shape index (κ3) is 38.7. The summed E-state index contributed by atoms with van der Waals surface area (Å²) in [5.41, 5.74) is 17.9. The van der Waals surface area contributed by atoms with Crippen molar-refractivity contribution in [2.45, 2.75) is 297 Å². The summed E-state index contributed by atoms with van der Waals surface area (Å²) >= 11 is 0. The average molecular weight is 1020 g/mol. The first-order valence-electron chi connectivity index (χ1n) is 30.5. The van der Waals surface area contributed by atoms with Crippen molar-refractivity contribution in [3.05, 3.63) is 127 Å². The minimum atomic E-state index is 0. The molecule has 2 aromatic carbocycles. The number of nitrogens with zero attached hydrogens (tertiary/aromatic N) is 2. The van der Waals surface area contributed by atoms with E-state index in [4.69, 9.17) is 0 Å². The van der Waals surface area contributed by atoms with Crippen LogP contribution in [0, 0.1) is 13.8 Å². The smallest absolute Gasteiger partial charge is 0.493 e. The molecule has 1 aliphatic heterocycles. The first-order chi connectivity index (χ1) is 34.6. The van der Waals surface area contributed by atoms with Crippen LogP contribution >= 0.6 is 0 Å². The minimum Gasteiger partial charge on any atom is -0.493 e. The molecule has 1 aliphatic rings. The van der Waals surface area contributed by atoms with E-state index in [-0.39, 0.29) is 16.5 Å². The van der Waals surface area contributed by atoms with Crippen LogP contribution in [0.2, 0.25) is 0 Å². The van der Waals surface area contributed by atoms with E-state index in [2.05, 4.69) is 127 Å². The second-order valence-electron chi connectivity index (χ2n) is 20.6.